The van der Waals surface area contributed by atoms with E-state index in [1.54, 1.807) is 6.92 Å². The van der Waals surface area contributed by atoms with Gasteiger partial charge >= 0.3 is 43.0 Å². The fraction of sp³-hybridized carbons (Fsp3) is 0.618. The molecule has 4 rings (SSSR count). The Morgan fingerprint density at radius 2 is 1.14 bits per heavy atom. The van der Waals surface area contributed by atoms with Crippen LogP contribution in [0.4, 0.5) is 79.0 Å². The number of fused-ring (bicyclic) bond motifs is 5. The van der Waals surface area contributed by atoms with Gasteiger partial charge in [0.1, 0.15) is 11.7 Å². The molecule has 1 heterocycles. The summed E-state index contributed by atoms with van der Waals surface area (Å²) in [5.41, 5.74) is -21.6. The van der Waals surface area contributed by atoms with E-state index in [0.29, 0.717) is 18.1 Å². The lowest BCUT2D eigenvalue weighted by molar-refractivity contribution is -0.473. The SMILES string of the molecule is C=C(C)C(=O)OC(C)(C)C.C=COC1CC2CC1C1C2OC1(C(F)(F)F)C(F)(F)F.C=Cc1cc(C(O)(C(F)(F)F)C(F)(F)F)cc(C(O)(C(F)(F)F)C(F)(F)F)c1. The second-order valence-electron chi connectivity index (χ2n) is 14.3. The van der Waals surface area contributed by atoms with E-state index in [-0.39, 0.29) is 30.4 Å². The van der Waals surface area contributed by atoms with Gasteiger partial charge < -0.3 is 24.4 Å². The lowest BCUT2D eigenvalue weighted by atomic mass is 9.67. The maximum absolute atomic E-state index is 13.0. The van der Waals surface area contributed by atoms with Gasteiger partial charge in [0.25, 0.3) is 16.8 Å². The topological polar surface area (TPSA) is 85.2 Å². The van der Waals surface area contributed by atoms with Gasteiger partial charge in [0, 0.05) is 28.5 Å². The van der Waals surface area contributed by atoms with Crippen LogP contribution < -0.4 is 0 Å². The molecule has 0 amide bonds. The molecule has 1 aromatic carbocycles. The first-order chi connectivity index (χ1) is 25.6. The second-order valence-corrected chi connectivity index (χ2v) is 14.3. The van der Waals surface area contributed by atoms with Crippen LogP contribution in [0.25, 0.3) is 6.08 Å². The minimum absolute atomic E-state index is 0.162. The third kappa shape index (κ3) is 9.06. The molecule has 0 aromatic heterocycles. The Morgan fingerprint density at radius 3 is 1.41 bits per heavy atom. The molecule has 2 N–H and O–H groups in total. The summed E-state index contributed by atoms with van der Waals surface area (Å²) in [6.45, 7) is 16.7. The number of alkyl halides is 18. The highest BCUT2D eigenvalue weighted by Crippen LogP contribution is 2.69. The molecule has 0 spiro atoms. The molecule has 2 saturated carbocycles. The molecule has 1 aromatic rings. The molecule has 0 radical (unpaired) electrons. The Kier molecular flexibility index (Phi) is 13.7. The second kappa shape index (κ2) is 15.7. The van der Waals surface area contributed by atoms with Gasteiger partial charge in [-0.2, -0.15) is 79.0 Å². The van der Waals surface area contributed by atoms with E-state index in [2.05, 4.69) is 24.5 Å². The number of carbonyl (C=O) groups excluding carboxylic acids is 1. The molecule has 6 nitrogen and oxygen atoms in total. The average Bonchev–Trinajstić information content (AvgIpc) is 3.49. The third-order valence-corrected chi connectivity index (χ3v) is 9.19. The average molecular weight is 881 g/mol. The van der Waals surface area contributed by atoms with Gasteiger partial charge in [-0.1, -0.05) is 25.8 Å². The highest BCUT2D eigenvalue weighted by atomic mass is 19.4. The van der Waals surface area contributed by atoms with E-state index >= 15 is 0 Å². The van der Waals surface area contributed by atoms with Crippen molar-refractivity contribution >= 4 is 12.0 Å². The predicted octanol–water partition coefficient (Wildman–Crippen LogP) is 10.3. The minimum Gasteiger partial charge on any atom is -0.498 e. The van der Waals surface area contributed by atoms with Crippen LogP contribution in [0.1, 0.15) is 57.2 Å². The first-order valence-electron chi connectivity index (χ1n) is 16.1. The summed E-state index contributed by atoms with van der Waals surface area (Å²) in [6.07, 6.45) is -36.8. The van der Waals surface area contributed by atoms with Crippen LogP contribution in [-0.4, -0.2) is 76.7 Å². The summed E-state index contributed by atoms with van der Waals surface area (Å²) < 4.78 is 248. The van der Waals surface area contributed by atoms with E-state index in [0.717, 1.165) is 6.26 Å². The third-order valence-electron chi connectivity index (χ3n) is 9.19. The predicted molar refractivity (Wildman–Crippen MR) is 164 cm³/mol. The molecule has 5 atom stereocenters. The zero-order valence-corrected chi connectivity index (χ0v) is 30.1. The summed E-state index contributed by atoms with van der Waals surface area (Å²) in [6, 6.07) is -1.19. The highest BCUT2D eigenvalue weighted by Gasteiger charge is 2.87. The molecule has 5 unspecified atom stereocenters. The largest absolute Gasteiger partial charge is 0.498 e. The first kappa shape index (κ1) is 50.5. The smallest absolute Gasteiger partial charge is 0.430 e. The van der Waals surface area contributed by atoms with Crippen molar-refractivity contribution in [3.63, 3.8) is 0 Å². The van der Waals surface area contributed by atoms with E-state index in [1.807, 2.05) is 20.8 Å². The normalized spacial score (nSPS) is 23.6. The van der Waals surface area contributed by atoms with Crippen LogP contribution >= 0.6 is 0 Å². The van der Waals surface area contributed by atoms with Crippen LogP contribution in [0, 0.1) is 17.8 Å². The quantitative estimate of drug-likeness (QED) is 0.128. The maximum atomic E-state index is 13.0. The van der Waals surface area contributed by atoms with Crippen LogP contribution in [0.2, 0.25) is 0 Å². The molecular formula is C34H34F18O6. The van der Waals surface area contributed by atoms with Crippen molar-refractivity contribution in [2.45, 2.75) is 112 Å². The molecule has 2 aliphatic carbocycles. The number of benzene rings is 1. The molecule has 24 heteroatoms. The Hall–Kier alpha value is -3.67. The van der Waals surface area contributed by atoms with Crippen LogP contribution in [-0.2, 0) is 30.2 Å². The van der Waals surface area contributed by atoms with Gasteiger partial charge in [0.2, 0.25) is 0 Å². The van der Waals surface area contributed by atoms with Crippen molar-refractivity contribution in [2.24, 2.45) is 17.8 Å². The Morgan fingerprint density at radius 1 is 0.741 bits per heavy atom. The number of aliphatic hydroxyl groups is 2. The van der Waals surface area contributed by atoms with E-state index in [4.69, 9.17) is 9.47 Å². The Labute approximate surface area is 317 Å². The zero-order chi connectivity index (χ0) is 45.8. The monoisotopic (exact) mass is 880 g/mol. The lowest BCUT2D eigenvalue weighted by Crippen LogP contribution is -2.76. The molecule has 3 fully saturated rings. The molecule has 2 bridgehead atoms. The Bertz CT molecular complexity index is 1580. The number of ether oxygens (including phenoxy) is 3. The lowest BCUT2D eigenvalue weighted by Gasteiger charge is -2.57. The maximum Gasteiger partial charge on any atom is 0.430 e. The van der Waals surface area contributed by atoms with Crippen LogP contribution in [0.15, 0.2) is 49.8 Å². The standard InChI is InChI=1S/C14H8F12O2.C12H12F6O2.C8H14O2/c1-2-6-3-7(9(27,11(15,16)17)12(18,19)20)5-8(4-6)10(28,13(21,22)23)14(24,25)26;1-2-19-7-4-5-3-6(7)8-9(5)20-10(8,11(13,14)15)12(16,17)18;1-6(2)7(9)10-8(3,4)5/h2-5,27-28H,1H2;2,5-9H,1,3-4H2;1H2,2-5H3. The van der Waals surface area contributed by atoms with Crippen LogP contribution in [0.3, 0.4) is 0 Å². The van der Waals surface area contributed by atoms with Crippen molar-refractivity contribution in [3.8, 4) is 0 Å². The number of halogens is 18. The van der Waals surface area contributed by atoms with Crippen molar-refractivity contribution in [1.82, 2.24) is 0 Å². The number of hydrogen-bond acceptors (Lipinski definition) is 6. The molecule has 1 saturated heterocycles. The van der Waals surface area contributed by atoms with Crippen LogP contribution in [0.5, 0.6) is 0 Å². The van der Waals surface area contributed by atoms with Crippen molar-refractivity contribution in [3.05, 3.63) is 66.5 Å². The van der Waals surface area contributed by atoms with E-state index in [1.165, 1.54) is 0 Å². The fourth-order valence-corrected chi connectivity index (χ4v) is 6.66. The number of esters is 1. The van der Waals surface area contributed by atoms with E-state index in [9.17, 15) is 94.0 Å². The first-order valence-corrected chi connectivity index (χ1v) is 16.1. The highest BCUT2D eigenvalue weighted by molar-refractivity contribution is 5.87. The molecule has 332 valence electrons. The molecule has 1 aliphatic heterocycles. The molecule has 58 heavy (non-hydrogen) atoms. The summed E-state index contributed by atoms with van der Waals surface area (Å²) in [4.78, 5) is 10.8. The van der Waals surface area contributed by atoms with Gasteiger partial charge in [-0.15, -0.1) is 0 Å². The van der Waals surface area contributed by atoms with Gasteiger partial charge in [-0.3, -0.25) is 0 Å². The molecule has 3 aliphatic rings. The fourth-order valence-electron chi connectivity index (χ4n) is 6.66. The van der Waals surface area contributed by atoms with Gasteiger partial charge in [0.05, 0.1) is 12.4 Å². The van der Waals surface area contributed by atoms with Crippen molar-refractivity contribution in [1.29, 1.82) is 0 Å². The zero-order valence-electron chi connectivity index (χ0n) is 30.1. The summed E-state index contributed by atoms with van der Waals surface area (Å²) in [7, 11) is 0. The summed E-state index contributed by atoms with van der Waals surface area (Å²) in [5.74, 6) is -3.02. The minimum atomic E-state index is -6.59. The number of carbonyl (C=O) groups is 1. The summed E-state index contributed by atoms with van der Waals surface area (Å²) >= 11 is 0. The van der Waals surface area contributed by atoms with Gasteiger partial charge in [-0.05, 0) is 70.2 Å². The summed E-state index contributed by atoms with van der Waals surface area (Å²) in [5, 5.41) is 18.5. The number of hydrogen-bond donors (Lipinski definition) is 2. The van der Waals surface area contributed by atoms with Crippen molar-refractivity contribution in [2.75, 3.05) is 0 Å². The molecular weight excluding hydrogens is 846 g/mol. The van der Waals surface area contributed by atoms with Crippen molar-refractivity contribution < 1.29 is 108 Å². The van der Waals surface area contributed by atoms with E-state index < -0.39 is 106 Å². The van der Waals surface area contributed by atoms with Gasteiger partial charge in [0.15, 0.2) is 0 Å². The number of rotatable bonds is 6. The Balaban J connectivity index is 0.000000334. The van der Waals surface area contributed by atoms with Gasteiger partial charge in [-0.25, -0.2) is 4.79 Å².